The van der Waals surface area contributed by atoms with E-state index in [0.29, 0.717) is 21.9 Å². The molecule has 0 unspecified atom stereocenters. The highest BCUT2D eigenvalue weighted by Gasteiger charge is 2.36. The lowest BCUT2D eigenvalue weighted by atomic mass is 9.82. The number of rotatable bonds is 3. The molecule has 2 heterocycles. The maximum atomic E-state index is 14.5. The maximum Gasteiger partial charge on any atom is 0.201 e. The van der Waals surface area contributed by atoms with Crippen LogP contribution in [-0.2, 0) is 5.41 Å². The lowest BCUT2D eigenvalue weighted by Gasteiger charge is -2.21. The molecule has 0 spiro atoms. The average molecular weight is 630 g/mol. The molecule has 1 aliphatic rings. The fraction of sp³-hybridized carbons (Fsp3) is 0.0652. The molecule has 3 heteroatoms. The minimum Gasteiger partial charge on any atom is -0.456 e. The summed E-state index contributed by atoms with van der Waals surface area (Å²) in [4.78, 5) is 14.5. The van der Waals surface area contributed by atoms with E-state index < -0.39 is 0 Å². The molecule has 0 saturated heterocycles. The van der Waals surface area contributed by atoms with Crippen molar-refractivity contribution in [3.63, 3.8) is 0 Å². The first-order valence-corrected chi connectivity index (χ1v) is 16.8. The standard InChI is InChI=1S/C46H31NO2/c1-46(2)38-19-11-9-17-32(38)35-26-36-33-18-10-12-20-40(33)47(41(36)27-39(35)46)31-24-34(29-15-7-4-8-16-29)44-43(25-31)49-42-22-21-30(23-37(42)45(44)48)28-13-5-3-6-14-28/h3-27H,1-2H3. The predicted molar refractivity (Wildman–Crippen MR) is 203 cm³/mol. The van der Waals surface area contributed by atoms with Crippen molar-refractivity contribution in [1.29, 1.82) is 0 Å². The predicted octanol–water partition coefficient (Wildman–Crippen LogP) is 11.7. The molecule has 0 radical (unpaired) electrons. The van der Waals surface area contributed by atoms with Crippen LogP contribution in [0.3, 0.4) is 0 Å². The van der Waals surface area contributed by atoms with E-state index in [0.717, 1.165) is 39.0 Å². The third kappa shape index (κ3) is 3.99. The number of hydrogen-bond donors (Lipinski definition) is 0. The van der Waals surface area contributed by atoms with Gasteiger partial charge in [-0.3, -0.25) is 4.79 Å². The molecule has 7 aromatic carbocycles. The van der Waals surface area contributed by atoms with E-state index in [1.807, 2.05) is 60.7 Å². The number of hydrogen-bond acceptors (Lipinski definition) is 2. The van der Waals surface area contributed by atoms with Gasteiger partial charge in [-0.1, -0.05) is 123 Å². The molecule has 3 nitrogen and oxygen atoms in total. The summed E-state index contributed by atoms with van der Waals surface area (Å²) in [5, 5.41) is 3.56. The summed E-state index contributed by atoms with van der Waals surface area (Å²) in [5.74, 6) is 0. The Labute approximate surface area is 283 Å². The van der Waals surface area contributed by atoms with Gasteiger partial charge in [0.2, 0.25) is 5.43 Å². The minimum atomic E-state index is -0.135. The van der Waals surface area contributed by atoms with E-state index in [1.165, 1.54) is 33.0 Å². The summed E-state index contributed by atoms with van der Waals surface area (Å²) in [5.41, 5.74) is 13.3. The van der Waals surface area contributed by atoms with E-state index in [-0.39, 0.29) is 10.8 Å². The third-order valence-corrected chi connectivity index (χ3v) is 10.6. The van der Waals surface area contributed by atoms with Crippen LogP contribution in [0.25, 0.3) is 82.8 Å². The fourth-order valence-corrected chi connectivity index (χ4v) is 8.19. The van der Waals surface area contributed by atoms with E-state index in [1.54, 1.807) is 0 Å². The first kappa shape index (κ1) is 27.9. The lowest BCUT2D eigenvalue weighted by molar-refractivity contribution is 0.659. The average Bonchev–Trinajstić information content (AvgIpc) is 3.59. The van der Waals surface area contributed by atoms with Gasteiger partial charge in [-0.25, -0.2) is 0 Å². The van der Waals surface area contributed by atoms with Crippen LogP contribution in [0.2, 0.25) is 0 Å². The molecule has 0 saturated carbocycles. The summed E-state index contributed by atoms with van der Waals surface area (Å²) in [6.45, 7) is 4.64. The van der Waals surface area contributed by atoms with Gasteiger partial charge in [0.25, 0.3) is 0 Å². The monoisotopic (exact) mass is 629 g/mol. The molecule has 0 fully saturated rings. The van der Waals surface area contributed by atoms with E-state index in [9.17, 15) is 4.79 Å². The van der Waals surface area contributed by atoms with Crippen molar-refractivity contribution in [2.45, 2.75) is 19.3 Å². The van der Waals surface area contributed by atoms with E-state index in [2.05, 4.69) is 109 Å². The number of para-hydroxylation sites is 1. The summed E-state index contributed by atoms with van der Waals surface area (Å²) >= 11 is 0. The summed E-state index contributed by atoms with van der Waals surface area (Å²) in [6, 6.07) is 52.6. The van der Waals surface area contributed by atoms with Gasteiger partial charge in [0.15, 0.2) is 0 Å². The van der Waals surface area contributed by atoms with Gasteiger partial charge in [0.1, 0.15) is 11.2 Å². The molecule has 0 bridgehead atoms. The molecular weight excluding hydrogens is 599 g/mol. The Balaban J connectivity index is 1.29. The topological polar surface area (TPSA) is 35.1 Å². The van der Waals surface area contributed by atoms with Crippen molar-refractivity contribution in [2.75, 3.05) is 0 Å². The lowest BCUT2D eigenvalue weighted by Crippen LogP contribution is -2.15. The summed E-state index contributed by atoms with van der Waals surface area (Å²) < 4.78 is 9.02. The van der Waals surface area contributed by atoms with Crippen LogP contribution in [0.1, 0.15) is 25.0 Å². The van der Waals surface area contributed by atoms with Gasteiger partial charge in [-0.2, -0.15) is 0 Å². The first-order valence-electron chi connectivity index (χ1n) is 16.8. The van der Waals surface area contributed by atoms with Crippen molar-refractivity contribution in [3.05, 3.63) is 173 Å². The Bertz CT molecular complexity index is 2860. The quantitative estimate of drug-likeness (QED) is 0.182. The highest BCUT2D eigenvalue weighted by Crippen LogP contribution is 2.51. The maximum absolute atomic E-state index is 14.5. The normalized spacial score (nSPS) is 13.3. The summed E-state index contributed by atoms with van der Waals surface area (Å²) in [7, 11) is 0. The van der Waals surface area contributed by atoms with Gasteiger partial charge in [0.05, 0.1) is 27.5 Å². The van der Waals surface area contributed by atoms with Gasteiger partial charge in [-0.15, -0.1) is 0 Å². The van der Waals surface area contributed by atoms with Crippen molar-refractivity contribution in [3.8, 4) is 39.1 Å². The van der Waals surface area contributed by atoms with E-state index >= 15 is 0 Å². The van der Waals surface area contributed by atoms with Crippen LogP contribution in [0.4, 0.5) is 0 Å². The Morgan fingerprint density at radius 2 is 1.20 bits per heavy atom. The number of aromatic nitrogens is 1. The van der Waals surface area contributed by atoms with Crippen LogP contribution >= 0.6 is 0 Å². The molecule has 9 aromatic rings. The molecule has 1 aliphatic carbocycles. The largest absolute Gasteiger partial charge is 0.456 e. The smallest absolute Gasteiger partial charge is 0.201 e. The number of benzene rings is 7. The first-order chi connectivity index (χ1) is 24.0. The minimum absolute atomic E-state index is 0.0287. The molecule has 232 valence electrons. The molecule has 0 amide bonds. The van der Waals surface area contributed by atoms with Gasteiger partial charge >= 0.3 is 0 Å². The van der Waals surface area contributed by atoms with Crippen LogP contribution < -0.4 is 5.43 Å². The number of fused-ring (bicyclic) bond motifs is 8. The molecule has 0 aliphatic heterocycles. The second-order valence-electron chi connectivity index (χ2n) is 13.7. The van der Waals surface area contributed by atoms with Crippen LogP contribution in [-0.4, -0.2) is 4.57 Å². The summed E-state index contributed by atoms with van der Waals surface area (Å²) in [6.07, 6.45) is 0. The van der Waals surface area contributed by atoms with Crippen molar-refractivity contribution in [1.82, 2.24) is 4.57 Å². The van der Waals surface area contributed by atoms with Gasteiger partial charge < -0.3 is 8.98 Å². The van der Waals surface area contributed by atoms with Crippen molar-refractivity contribution < 1.29 is 4.42 Å². The third-order valence-electron chi connectivity index (χ3n) is 10.6. The van der Waals surface area contributed by atoms with Gasteiger partial charge in [0, 0.05) is 22.3 Å². The molecule has 49 heavy (non-hydrogen) atoms. The SMILES string of the molecule is CC1(C)c2ccccc2-c2cc3c4ccccc4n(-c4cc(-c5ccccc5)c5c(=O)c6cc(-c7ccccc7)ccc6oc5c4)c3cc21. The second kappa shape index (κ2) is 10.2. The number of nitrogens with zero attached hydrogens (tertiary/aromatic N) is 1. The Kier molecular flexibility index (Phi) is 5.78. The Hall–Kier alpha value is -6.19. The zero-order valence-electron chi connectivity index (χ0n) is 27.2. The van der Waals surface area contributed by atoms with Crippen LogP contribution in [0.15, 0.2) is 161 Å². The molecule has 0 atom stereocenters. The van der Waals surface area contributed by atoms with Crippen molar-refractivity contribution in [2.24, 2.45) is 0 Å². The van der Waals surface area contributed by atoms with E-state index in [4.69, 9.17) is 4.42 Å². The van der Waals surface area contributed by atoms with Crippen LogP contribution in [0.5, 0.6) is 0 Å². The Morgan fingerprint density at radius 3 is 2.02 bits per heavy atom. The zero-order chi connectivity index (χ0) is 32.9. The van der Waals surface area contributed by atoms with Crippen LogP contribution in [0, 0.1) is 0 Å². The molecule has 10 rings (SSSR count). The highest BCUT2D eigenvalue weighted by molar-refractivity contribution is 6.12. The second-order valence-corrected chi connectivity index (χ2v) is 13.7. The molecule has 0 N–H and O–H groups in total. The highest BCUT2D eigenvalue weighted by atomic mass is 16.3. The Morgan fingerprint density at radius 1 is 0.490 bits per heavy atom. The van der Waals surface area contributed by atoms with Crippen molar-refractivity contribution >= 4 is 43.7 Å². The zero-order valence-corrected chi connectivity index (χ0v) is 27.2. The molecular formula is C46H31NO2. The van der Waals surface area contributed by atoms with Gasteiger partial charge in [-0.05, 0) is 80.9 Å². The molecule has 2 aromatic heterocycles. The fourth-order valence-electron chi connectivity index (χ4n) is 8.19.